The van der Waals surface area contributed by atoms with E-state index in [2.05, 4.69) is 12.2 Å². The molecular formula is C18H23N3O3S. The second-order valence-corrected chi connectivity index (χ2v) is 8.59. The van der Waals surface area contributed by atoms with Crippen LogP contribution in [0.3, 0.4) is 0 Å². The van der Waals surface area contributed by atoms with E-state index >= 15 is 0 Å². The second-order valence-electron chi connectivity index (χ2n) is 6.65. The van der Waals surface area contributed by atoms with Gasteiger partial charge in [-0.05, 0) is 49.1 Å². The molecule has 134 valence electrons. The third-order valence-electron chi connectivity index (χ3n) is 4.46. The fourth-order valence-corrected chi connectivity index (χ4v) is 4.66. The van der Waals surface area contributed by atoms with Crippen molar-refractivity contribution in [1.29, 1.82) is 0 Å². The number of aryl methyl sites for hydroxylation is 1. The molecule has 7 heteroatoms. The van der Waals surface area contributed by atoms with Gasteiger partial charge in [0.05, 0.1) is 10.5 Å². The Bertz CT molecular complexity index is 856. The average Bonchev–Trinajstić information content (AvgIpc) is 3.02. The molecule has 1 aromatic carbocycles. The predicted molar refractivity (Wildman–Crippen MR) is 97.0 cm³/mol. The van der Waals surface area contributed by atoms with Crippen LogP contribution in [-0.4, -0.2) is 36.3 Å². The lowest BCUT2D eigenvalue weighted by Crippen LogP contribution is -2.39. The van der Waals surface area contributed by atoms with Crippen molar-refractivity contribution in [2.24, 2.45) is 13.0 Å². The Hall–Kier alpha value is -2.12. The van der Waals surface area contributed by atoms with Gasteiger partial charge in [-0.3, -0.25) is 4.79 Å². The van der Waals surface area contributed by atoms with E-state index in [0.717, 1.165) is 12.8 Å². The zero-order chi connectivity index (χ0) is 18.0. The van der Waals surface area contributed by atoms with Crippen LogP contribution in [0.2, 0.25) is 0 Å². The molecule has 2 heterocycles. The number of nitrogens with zero attached hydrogens (tertiary/aromatic N) is 2. The molecule has 1 atom stereocenters. The molecule has 0 saturated carbocycles. The maximum absolute atomic E-state index is 12.7. The van der Waals surface area contributed by atoms with Crippen LogP contribution in [0, 0.1) is 5.92 Å². The topological polar surface area (TPSA) is 71.4 Å². The molecule has 1 amide bonds. The minimum Gasteiger partial charge on any atom is -0.356 e. The van der Waals surface area contributed by atoms with Crippen molar-refractivity contribution < 1.29 is 13.2 Å². The van der Waals surface area contributed by atoms with Crippen molar-refractivity contribution in [2.75, 3.05) is 18.4 Å². The lowest BCUT2D eigenvalue weighted by atomic mass is 10.0. The Morgan fingerprint density at radius 2 is 1.92 bits per heavy atom. The number of nitrogens with one attached hydrogen (secondary N) is 1. The first-order chi connectivity index (χ1) is 11.9. The van der Waals surface area contributed by atoms with Crippen molar-refractivity contribution in [1.82, 2.24) is 8.87 Å². The molecule has 1 unspecified atom stereocenters. The van der Waals surface area contributed by atoms with Crippen LogP contribution in [-0.2, 0) is 17.1 Å². The molecule has 0 aliphatic carbocycles. The van der Waals surface area contributed by atoms with Gasteiger partial charge in [0.15, 0.2) is 0 Å². The third kappa shape index (κ3) is 3.93. The van der Waals surface area contributed by atoms with Crippen molar-refractivity contribution in [3.63, 3.8) is 0 Å². The minimum absolute atomic E-state index is 0.221. The Labute approximate surface area is 148 Å². The zero-order valence-electron chi connectivity index (χ0n) is 14.5. The lowest BCUT2D eigenvalue weighted by Gasteiger charge is -2.30. The van der Waals surface area contributed by atoms with Crippen LogP contribution >= 0.6 is 0 Å². The fourth-order valence-electron chi connectivity index (χ4n) is 3.06. The average molecular weight is 361 g/mol. The number of carbonyl (C=O) groups is 1. The number of aromatic nitrogens is 1. The Kier molecular flexibility index (Phi) is 4.96. The Morgan fingerprint density at radius 3 is 2.52 bits per heavy atom. The van der Waals surface area contributed by atoms with Crippen LogP contribution in [0.4, 0.5) is 5.69 Å². The molecule has 1 saturated heterocycles. The summed E-state index contributed by atoms with van der Waals surface area (Å²) in [5.41, 5.74) is 1.13. The molecule has 6 nitrogen and oxygen atoms in total. The van der Waals surface area contributed by atoms with E-state index in [1.165, 1.54) is 0 Å². The maximum atomic E-state index is 12.7. The second kappa shape index (κ2) is 7.01. The summed E-state index contributed by atoms with van der Waals surface area (Å²) >= 11 is 0. The molecule has 1 N–H and O–H groups in total. The van der Waals surface area contributed by atoms with Crippen LogP contribution < -0.4 is 5.32 Å². The number of hydrogen-bond acceptors (Lipinski definition) is 3. The van der Waals surface area contributed by atoms with Crippen LogP contribution in [0.25, 0.3) is 0 Å². The van der Waals surface area contributed by atoms with Gasteiger partial charge in [-0.25, -0.2) is 8.42 Å². The van der Waals surface area contributed by atoms with Gasteiger partial charge in [0.1, 0.15) is 0 Å². The number of sulfonamides is 1. The normalized spacial score (nSPS) is 18.9. The fraction of sp³-hybridized carbons (Fsp3) is 0.389. The van der Waals surface area contributed by atoms with Gasteiger partial charge in [-0.2, -0.15) is 4.31 Å². The molecule has 0 spiro atoms. The monoisotopic (exact) mass is 361 g/mol. The Morgan fingerprint density at radius 1 is 1.20 bits per heavy atom. The number of carbonyl (C=O) groups excluding carboxylic acids is 1. The number of amides is 1. The first-order valence-electron chi connectivity index (χ1n) is 8.40. The molecule has 1 aliphatic heterocycles. The number of hydrogen-bond donors (Lipinski definition) is 1. The van der Waals surface area contributed by atoms with Crippen molar-refractivity contribution in [2.45, 2.75) is 24.7 Å². The number of rotatable bonds is 4. The van der Waals surface area contributed by atoms with E-state index < -0.39 is 10.0 Å². The largest absolute Gasteiger partial charge is 0.356 e. The highest BCUT2D eigenvalue weighted by Crippen LogP contribution is 2.24. The van der Waals surface area contributed by atoms with Crippen molar-refractivity contribution >= 4 is 21.6 Å². The summed E-state index contributed by atoms with van der Waals surface area (Å²) in [5, 5.41) is 2.78. The zero-order valence-corrected chi connectivity index (χ0v) is 15.3. The van der Waals surface area contributed by atoms with E-state index in [9.17, 15) is 13.2 Å². The van der Waals surface area contributed by atoms with Gasteiger partial charge in [0.2, 0.25) is 10.0 Å². The highest BCUT2D eigenvalue weighted by Gasteiger charge is 2.28. The predicted octanol–water partition coefficient (Wildman–Crippen LogP) is 2.70. The van der Waals surface area contributed by atoms with Crippen LogP contribution in [0.1, 0.15) is 30.1 Å². The smallest absolute Gasteiger partial charge is 0.257 e. The van der Waals surface area contributed by atoms with Gasteiger partial charge < -0.3 is 9.88 Å². The molecule has 0 radical (unpaired) electrons. The molecule has 3 rings (SSSR count). The van der Waals surface area contributed by atoms with E-state index in [-0.39, 0.29) is 10.8 Å². The highest BCUT2D eigenvalue weighted by atomic mass is 32.2. The standard InChI is InChI=1S/C18H23N3O3S/c1-14-4-3-10-21(12-14)25(23,24)17-7-5-16(6-8-17)19-18(22)15-9-11-20(2)13-15/h5-9,11,13-14H,3-4,10,12H2,1-2H3,(H,19,22). The van der Waals surface area contributed by atoms with Crippen LogP contribution in [0.5, 0.6) is 0 Å². The maximum Gasteiger partial charge on any atom is 0.257 e. The summed E-state index contributed by atoms with van der Waals surface area (Å²) in [7, 11) is -1.63. The van der Waals surface area contributed by atoms with E-state index in [4.69, 9.17) is 0 Å². The van der Waals surface area contributed by atoms with E-state index in [1.54, 1.807) is 51.6 Å². The summed E-state index contributed by atoms with van der Waals surface area (Å²) in [6, 6.07) is 8.08. The number of piperidine rings is 1. The summed E-state index contributed by atoms with van der Waals surface area (Å²) in [4.78, 5) is 12.4. The number of benzene rings is 1. The number of anilines is 1. The molecule has 1 fully saturated rings. The van der Waals surface area contributed by atoms with Gasteiger partial charge in [0.25, 0.3) is 5.91 Å². The Balaban J connectivity index is 1.72. The lowest BCUT2D eigenvalue weighted by molar-refractivity contribution is 0.102. The van der Waals surface area contributed by atoms with E-state index in [1.807, 2.05) is 7.05 Å². The van der Waals surface area contributed by atoms with E-state index in [0.29, 0.717) is 30.3 Å². The van der Waals surface area contributed by atoms with Gasteiger partial charge >= 0.3 is 0 Å². The molecular weight excluding hydrogens is 338 g/mol. The SMILES string of the molecule is CC1CCCN(S(=O)(=O)c2ccc(NC(=O)c3ccn(C)c3)cc2)C1. The van der Waals surface area contributed by atoms with Gasteiger partial charge in [-0.1, -0.05) is 6.92 Å². The minimum atomic E-state index is -3.47. The quantitative estimate of drug-likeness (QED) is 0.910. The summed E-state index contributed by atoms with van der Waals surface area (Å²) < 4.78 is 28.8. The molecule has 2 aromatic rings. The van der Waals surface area contributed by atoms with Gasteiger partial charge in [-0.15, -0.1) is 0 Å². The summed E-state index contributed by atoms with van der Waals surface area (Å²) in [6.45, 7) is 3.21. The summed E-state index contributed by atoms with van der Waals surface area (Å²) in [6.07, 6.45) is 5.48. The van der Waals surface area contributed by atoms with Crippen molar-refractivity contribution in [3.05, 3.63) is 48.3 Å². The summed E-state index contributed by atoms with van der Waals surface area (Å²) in [5.74, 6) is 0.161. The van der Waals surface area contributed by atoms with Crippen LogP contribution in [0.15, 0.2) is 47.6 Å². The molecule has 1 aromatic heterocycles. The molecule has 1 aliphatic rings. The third-order valence-corrected chi connectivity index (χ3v) is 6.34. The van der Waals surface area contributed by atoms with Gasteiger partial charge in [0, 0.05) is 38.2 Å². The molecule has 0 bridgehead atoms. The first kappa shape index (κ1) is 17.7. The molecule has 25 heavy (non-hydrogen) atoms. The van der Waals surface area contributed by atoms with Crippen molar-refractivity contribution in [3.8, 4) is 0 Å². The first-order valence-corrected chi connectivity index (χ1v) is 9.84. The highest BCUT2D eigenvalue weighted by molar-refractivity contribution is 7.89.